The number of nitro groups is 1. The summed E-state index contributed by atoms with van der Waals surface area (Å²) in [7, 11) is 1.29. The van der Waals surface area contributed by atoms with Gasteiger partial charge in [0.25, 0.3) is 5.91 Å². The molecule has 1 N–H and O–H groups in total. The second-order valence-electron chi connectivity index (χ2n) is 6.27. The summed E-state index contributed by atoms with van der Waals surface area (Å²) in [6, 6.07) is 9.80. The van der Waals surface area contributed by atoms with Crippen molar-refractivity contribution in [2.75, 3.05) is 19.0 Å². The van der Waals surface area contributed by atoms with E-state index in [0.29, 0.717) is 22.4 Å². The maximum Gasteiger partial charge on any atom is 0.375 e. The summed E-state index contributed by atoms with van der Waals surface area (Å²) < 4.78 is 15.5. The molecule has 0 saturated carbocycles. The molecule has 0 aliphatic carbocycles. The number of furan rings is 1. The lowest BCUT2D eigenvalue weighted by molar-refractivity contribution is -0.385. The van der Waals surface area contributed by atoms with Crippen LogP contribution in [0.25, 0.3) is 11.0 Å². The molecule has 0 saturated heterocycles. The van der Waals surface area contributed by atoms with Gasteiger partial charge >= 0.3 is 11.7 Å². The second kappa shape index (κ2) is 8.01. The van der Waals surface area contributed by atoms with Crippen LogP contribution in [0.4, 0.5) is 11.4 Å². The van der Waals surface area contributed by atoms with Gasteiger partial charge in [-0.1, -0.05) is 18.2 Å². The van der Waals surface area contributed by atoms with Gasteiger partial charge in [0.2, 0.25) is 5.76 Å². The quantitative estimate of drug-likeness (QED) is 0.381. The van der Waals surface area contributed by atoms with E-state index in [1.165, 1.54) is 19.2 Å². The van der Waals surface area contributed by atoms with Crippen molar-refractivity contribution >= 4 is 34.2 Å². The maximum absolute atomic E-state index is 12.3. The van der Waals surface area contributed by atoms with Crippen molar-refractivity contribution in [2.24, 2.45) is 0 Å². The Hall–Kier alpha value is -3.88. The molecule has 0 aliphatic rings. The van der Waals surface area contributed by atoms with Gasteiger partial charge in [-0.2, -0.15) is 0 Å². The summed E-state index contributed by atoms with van der Waals surface area (Å²) in [4.78, 5) is 34.9. The molecule has 0 radical (unpaired) electrons. The molecule has 150 valence electrons. The van der Waals surface area contributed by atoms with Gasteiger partial charge in [0.15, 0.2) is 12.4 Å². The average molecular weight is 398 g/mol. The fraction of sp³-hybridized carbons (Fsp3) is 0.200. The first-order valence-corrected chi connectivity index (χ1v) is 8.60. The molecule has 0 fully saturated rings. The number of hydrogen-bond acceptors (Lipinski definition) is 7. The Labute approximate surface area is 165 Å². The van der Waals surface area contributed by atoms with Crippen LogP contribution in [-0.2, 0) is 9.53 Å². The van der Waals surface area contributed by atoms with Crippen molar-refractivity contribution in [3.63, 3.8) is 0 Å². The minimum Gasteiger partial charge on any atom is -0.490 e. The van der Waals surface area contributed by atoms with E-state index in [4.69, 9.17) is 13.9 Å². The lowest BCUT2D eigenvalue weighted by atomic mass is 10.1. The number of nitrogens with one attached hydrogen (secondary N) is 1. The lowest BCUT2D eigenvalue weighted by Gasteiger charge is -2.11. The zero-order valence-electron chi connectivity index (χ0n) is 16.0. The smallest absolute Gasteiger partial charge is 0.375 e. The number of ether oxygens (including phenoxy) is 2. The molecule has 1 aromatic heterocycles. The molecule has 1 heterocycles. The minimum absolute atomic E-state index is 0.00537. The SMILES string of the molecule is COc1cc(NC(=O)COC(=O)c2oc3ccccc3c2C)c(C)cc1[N+](=O)[O-]. The fourth-order valence-corrected chi connectivity index (χ4v) is 2.87. The molecule has 0 spiro atoms. The molecule has 0 bridgehead atoms. The van der Waals surface area contributed by atoms with Crippen molar-refractivity contribution in [3.8, 4) is 5.75 Å². The topological polar surface area (TPSA) is 121 Å². The highest BCUT2D eigenvalue weighted by molar-refractivity contribution is 5.98. The minimum atomic E-state index is -0.758. The van der Waals surface area contributed by atoms with E-state index < -0.39 is 23.4 Å². The highest BCUT2D eigenvalue weighted by atomic mass is 16.6. The molecule has 1 amide bonds. The number of anilines is 1. The van der Waals surface area contributed by atoms with Crippen molar-refractivity contribution in [2.45, 2.75) is 13.8 Å². The number of hydrogen-bond donors (Lipinski definition) is 1. The van der Waals surface area contributed by atoms with E-state index in [1.807, 2.05) is 12.1 Å². The monoisotopic (exact) mass is 398 g/mol. The van der Waals surface area contributed by atoms with Crippen LogP contribution in [0.5, 0.6) is 5.75 Å². The van der Waals surface area contributed by atoms with Crippen LogP contribution >= 0.6 is 0 Å². The molecular weight excluding hydrogens is 380 g/mol. The third-order valence-corrected chi connectivity index (χ3v) is 4.36. The Morgan fingerprint density at radius 1 is 1.21 bits per heavy atom. The molecule has 9 nitrogen and oxygen atoms in total. The summed E-state index contributed by atoms with van der Waals surface area (Å²) in [6.45, 7) is 2.79. The maximum atomic E-state index is 12.3. The van der Waals surface area contributed by atoms with E-state index in [9.17, 15) is 19.7 Å². The van der Waals surface area contributed by atoms with E-state index in [0.717, 1.165) is 5.39 Å². The summed E-state index contributed by atoms with van der Waals surface area (Å²) in [5, 5.41) is 14.4. The summed E-state index contributed by atoms with van der Waals surface area (Å²) >= 11 is 0. The number of para-hydroxylation sites is 1. The predicted octanol–water partition coefficient (Wildman–Crippen LogP) is 3.76. The number of nitrogens with zero attached hydrogens (tertiary/aromatic N) is 1. The Morgan fingerprint density at radius 3 is 2.59 bits per heavy atom. The summed E-state index contributed by atoms with van der Waals surface area (Å²) in [6.07, 6.45) is 0. The van der Waals surface area contributed by atoms with Gasteiger partial charge in [-0.25, -0.2) is 4.79 Å². The van der Waals surface area contributed by atoms with Crippen LogP contribution in [0.1, 0.15) is 21.7 Å². The molecule has 0 aliphatic heterocycles. The van der Waals surface area contributed by atoms with Crippen LogP contribution in [-0.4, -0.2) is 30.5 Å². The molecule has 9 heteroatoms. The first kappa shape index (κ1) is 19.9. The normalized spacial score (nSPS) is 10.6. The molecule has 3 aromatic rings. The molecule has 2 aromatic carbocycles. The van der Waals surface area contributed by atoms with Gasteiger partial charge in [0.05, 0.1) is 12.0 Å². The molecular formula is C20H18N2O7. The largest absolute Gasteiger partial charge is 0.490 e. The number of amides is 1. The van der Waals surface area contributed by atoms with Crippen LogP contribution in [0.3, 0.4) is 0 Å². The van der Waals surface area contributed by atoms with Gasteiger partial charge in [-0.3, -0.25) is 14.9 Å². The predicted molar refractivity (Wildman–Crippen MR) is 104 cm³/mol. The summed E-state index contributed by atoms with van der Waals surface area (Å²) in [5.74, 6) is -1.32. The molecule has 0 unspecified atom stereocenters. The number of nitro benzene ring substituents is 1. The van der Waals surface area contributed by atoms with Crippen molar-refractivity contribution in [1.29, 1.82) is 0 Å². The number of esters is 1. The summed E-state index contributed by atoms with van der Waals surface area (Å²) in [5.41, 5.74) is 1.74. The van der Waals surface area contributed by atoms with E-state index in [2.05, 4.69) is 5.32 Å². The van der Waals surface area contributed by atoms with Crippen LogP contribution in [0.2, 0.25) is 0 Å². The van der Waals surface area contributed by atoms with Gasteiger partial charge in [-0.05, 0) is 25.5 Å². The Morgan fingerprint density at radius 2 is 1.93 bits per heavy atom. The second-order valence-corrected chi connectivity index (χ2v) is 6.27. The van der Waals surface area contributed by atoms with Gasteiger partial charge in [0.1, 0.15) is 5.58 Å². The first-order valence-electron chi connectivity index (χ1n) is 8.60. The van der Waals surface area contributed by atoms with E-state index in [-0.39, 0.29) is 17.2 Å². The van der Waals surface area contributed by atoms with Crippen LogP contribution in [0, 0.1) is 24.0 Å². The number of rotatable bonds is 6. The van der Waals surface area contributed by atoms with Gasteiger partial charge in [-0.15, -0.1) is 0 Å². The highest BCUT2D eigenvalue weighted by Crippen LogP contribution is 2.32. The van der Waals surface area contributed by atoms with Crippen LogP contribution in [0.15, 0.2) is 40.8 Å². The Bertz CT molecular complexity index is 1120. The zero-order chi connectivity index (χ0) is 21.1. The zero-order valence-corrected chi connectivity index (χ0v) is 16.0. The van der Waals surface area contributed by atoms with Crippen molar-refractivity contribution < 1.29 is 28.4 Å². The van der Waals surface area contributed by atoms with Crippen molar-refractivity contribution in [3.05, 3.63) is 63.4 Å². The first-order chi connectivity index (χ1) is 13.8. The Kier molecular flexibility index (Phi) is 5.49. The highest BCUT2D eigenvalue weighted by Gasteiger charge is 2.21. The lowest BCUT2D eigenvalue weighted by Crippen LogP contribution is -2.21. The number of fused-ring (bicyclic) bond motifs is 1. The third kappa shape index (κ3) is 4.03. The molecule has 0 atom stereocenters. The molecule has 29 heavy (non-hydrogen) atoms. The number of benzene rings is 2. The standard InChI is InChI=1S/C20H18N2O7/c1-11-8-15(22(25)26)17(27-3)9-14(11)21-18(23)10-28-20(24)19-12(2)13-6-4-5-7-16(13)29-19/h4-9H,10H2,1-3H3,(H,21,23). The van der Waals surface area contributed by atoms with Gasteiger partial charge < -0.3 is 19.2 Å². The fourth-order valence-electron chi connectivity index (χ4n) is 2.87. The number of methoxy groups -OCH3 is 1. The van der Waals surface area contributed by atoms with Crippen LogP contribution < -0.4 is 10.1 Å². The molecule has 3 rings (SSSR count). The Balaban J connectivity index is 1.69. The third-order valence-electron chi connectivity index (χ3n) is 4.36. The number of carbonyl (C=O) groups excluding carboxylic acids is 2. The average Bonchev–Trinajstić information content (AvgIpc) is 3.04. The van der Waals surface area contributed by atoms with Crippen molar-refractivity contribution in [1.82, 2.24) is 0 Å². The van der Waals surface area contributed by atoms with E-state index in [1.54, 1.807) is 26.0 Å². The number of carbonyl (C=O) groups is 2. The van der Waals surface area contributed by atoms with Gasteiger partial charge in [0, 0.05) is 28.8 Å². The van der Waals surface area contributed by atoms with E-state index >= 15 is 0 Å². The number of aryl methyl sites for hydroxylation is 2.